The van der Waals surface area contributed by atoms with Crippen molar-refractivity contribution in [2.75, 3.05) is 7.11 Å². The fourth-order valence-corrected chi connectivity index (χ4v) is 1.70. The van der Waals surface area contributed by atoms with Crippen LogP contribution in [-0.2, 0) is 9.53 Å². The molecule has 1 amide bonds. The Labute approximate surface area is 109 Å². The van der Waals surface area contributed by atoms with Crippen molar-refractivity contribution in [1.29, 1.82) is 0 Å². The first-order valence-corrected chi connectivity index (χ1v) is 5.50. The van der Waals surface area contributed by atoms with E-state index in [2.05, 4.69) is 10.1 Å². The second kappa shape index (κ2) is 5.94. The monoisotopic (exact) mass is 266 g/mol. The Morgan fingerprint density at radius 2 is 2.05 bits per heavy atom. The highest BCUT2D eigenvalue weighted by molar-refractivity contribution is 5.90. The minimum Gasteiger partial charge on any atom is -0.465 e. The van der Waals surface area contributed by atoms with Gasteiger partial charge < -0.3 is 10.1 Å². The molecule has 0 fully saturated rings. The highest BCUT2D eigenvalue weighted by Gasteiger charge is 2.22. The summed E-state index contributed by atoms with van der Waals surface area (Å²) in [5.74, 6) is -0.944. The third-order valence-electron chi connectivity index (χ3n) is 2.53. The van der Waals surface area contributed by atoms with Gasteiger partial charge in [-0.25, -0.2) is 4.79 Å². The summed E-state index contributed by atoms with van der Waals surface area (Å²) < 4.78 is 4.50. The van der Waals surface area contributed by atoms with Crippen LogP contribution in [0.1, 0.15) is 35.8 Å². The molecule has 0 radical (unpaired) electrons. The molecule has 0 aromatic heterocycles. The van der Waals surface area contributed by atoms with Gasteiger partial charge in [0.15, 0.2) is 0 Å². The van der Waals surface area contributed by atoms with Crippen molar-refractivity contribution in [3.05, 3.63) is 39.4 Å². The Hall–Kier alpha value is -2.44. The van der Waals surface area contributed by atoms with Crippen LogP contribution in [0.5, 0.6) is 0 Å². The van der Waals surface area contributed by atoms with Gasteiger partial charge in [-0.15, -0.1) is 0 Å². The Morgan fingerprint density at radius 3 is 2.53 bits per heavy atom. The van der Waals surface area contributed by atoms with Crippen LogP contribution in [0.2, 0.25) is 0 Å². The zero-order chi connectivity index (χ0) is 14.6. The highest BCUT2D eigenvalue weighted by atomic mass is 16.6. The molecule has 0 aliphatic heterocycles. The van der Waals surface area contributed by atoms with Crippen LogP contribution in [0.4, 0.5) is 5.69 Å². The van der Waals surface area contributed by atoms with Crippen LogP contribution in [0.3, 0.4) is 0 Å². The first-order chi connectivity index (χ1) is 8.86. The first kappa shape index (κ1) is 14.6. The Morgan fingerprint density at radius 1 is 1.42 bits per heavy atom. The molecule has 1 aromatic carbocycles. The summed E-state index contributed by atoms with van der Waals surface area (Å²) in [6.07, 6.45) is 0. The zero-order valence-corrected chi connectivity index (χ0v) is 10.8. The number of hydrogen-bond donors (Lipinski definition) is 1. The predicted octanol–water partition coefficient (Wildman–Crippen LogP) is 1.58. The van der Waals surface area contributed by atoms with Gasteiger partial charge in [0, 0.05) is 13.0 Å². The number of nitrogens with zero attached hydrogens (tertiary/aromatic N) is 1. The summed E-state index contributed by atoms with van der Waals surface area (Å²) in [5, 5.41) is 13.6. The number of nitrogens with one attached hydrogen (secondary N) is 1. The molecule has 7 nitrogen and oxygen atoms in total. The lowest BCUT2D eigenvalue weighted by molar-refractivity contribution is -0.385. The van der Waals surface area contributed by atoms with Crippen molar-refractivity contribution in [3.8, 4) is 0 Å². The lowest BCUT2D eigenvalue weighted by Crippen LogP contribution is -2.24. The Kier molecular flexibility index (Phi) is 4.57. The van der Waals surface area contributed by atoms with Gasteiger partial charge in [0.05, 0.1) is 29.2 Å². The van der Waals surface area contributed by atoms with Gasteiger partial charge in [0.2, 0.25) is 5.91 Å². The summed E-state index contributed by atoms with van der Waals surface area (Å²) in [4.78, 5) is 32.7. The molecule has 19 heavy (non-hydrogen) atoms. The van der Waals surface area contributed by atoms with Gasteiger partial charge in [-0.3, -0.25) is 14.9 Å². The topological polar surface area (TPSA) is 98.5 Å². The van der Waals surface area contributed by atoms with E-state index >= 15 is 0 Å². The molecule has 0 aliphatic rings. The molecule has 0 spiro atoms. The van der Waals surface area contributed by atoms with E-state index in [1.165, 1.54) is 26.2 Å². The van der Waals surface area contributed by atoms with Crippen LogP contribution < -0.4 is 5.32 Å². The highest BCUT2D eigenvalue weighted by Crippen LogP contribution is 2.26. The normalized spacial score (nSPS) is 11.5. The minimum atomic E-state index is -0.651. The average Bonchev–Trinajstić information content (AvgIpc) is 2.36. The molecule has 102 valence electrons. The van der Waals surface area contributed by atoms with E-state index in [1.54, 1.807) is 6.92 Å². The number of esters is 1. The first-order valence-electron chi connectivity index (χ1n) is 5.50. The number of amides is 1. The van der Waals surface area contributed by atoms with Gasteiger partial charge in [0.1, 0.15) is 0 Å². The third-order valence-corrected chi connectivity index (χ3v) is 2.53. The second-order valence-electron chi connectivity index (χ2n) is 3.94. The van der Waals surface area contributed by atoms with Crippen molar-refractivity contribution < 1.29 is 19.2 Å². The number of carbonyl (C=O) groups is 2. The van der Waals surface area contributed by atoms with E-state index < -0.39 is 16.9 Å². The van der Waals surface area contributed by atoms with Crippen molar-refractivity contribution >= 4 is 17.6 Å². The largest absolute Gasteiger partial charge is 0.465 e. The fraction of sp³-hybridized carbons (Fsp3) is 0.333. The number of ether oxygens (including phenoxy) is 1. The van der Waals surface area contributed by atoms with Crippen LogP contribution in [0.25, 0.3) is 0 Å². The van der Waals surface area contributed by atoms with Crippen LogP contribution >= 0.6 is 0 Å². The summed E-state index contributed by atoms with van der Waals surface area (Å²) in [6.45, 7) is 2.95. The quantitative estimate of drug-likeness (QED) is 0.506. The van der Waals surface area contributed by atoms with Crippen molar-refractivity contribution in [2.24, 2.45) is 0 Å². The molecule has 1 rings (SSSR count). The fourth-order valence-electron chi connectivity index (χ4n) is 1.70. The molecule has 0 saturated carbocycles. The number of methoxy groups -OCH3 is 1. The number of nitro groups is 1. The van der Waals surface area contributed by atoms with Gasteiger partial charge >= 0.3 is 5.97 Å². The van der Waals surface area contributed by atoms with Gasteiger partial charge in [-0.05, 0) is 19.1 Å². The van der Waals surface area contributed by atoms with Gasteiger partial charge in [0.25, 0.3) is 5.69 Å². The summed E-state index contributed by atoms with van der Waals surface area (Å²) in [5.41, 5.74) is 0.185. The van der Waals surface area contributed by atoms with Crippen LogP contribution in [-0.4, -0.2) is 23.9 Å². The molecule has 1 atom stereocenters. The Bertz CT molecular complexity index is 527. The SMILES string of the molecule is COC(=O)c1ccc(C(C)NC(C)=O)c([N+](=O)[O-])c1. The minimum absolute atomic E-state index is 0.0907. The number of benzene rings is 1. The van der Waals surface area contributed by atoms with E-state index in [1.807, 2.05) is 0 Å². The molecule has 0 saturated heterocycles. The number of rotatable bonds is 4. The van der Waals surface area contributed by atoms with Crippen LogP contribution in [0.15, 0.2) is 18.2 Å². The lowest BCUT2D eigenvalue weighted by Gasteiger charge is -2.13. The molecular weight excluding hydrogens is 252 g/mol. The van der Waals surface area contributed by atoms with Gasteiger partial charge in [-0.1, -0.05) is 0 Å². The molecule has 0 bridgehead atoms. The molecule has 1 unspecified atom stereocenters. The van der Waals surface area contributed by atoms with Crippen molar-refractivity contribution in [3.63, 3.8) is 0 Å². The summed E-state index contributed by atoms with van der Waals surface area (Å²) in [7, 11) is 1.20. The molecule has 1 N–H and O–H groups in total. The van der Waals surface area contributed by atoms with E-state index in [4.69, 9.17) is 0 Å². The zero-order valence-electron chi connectivity index (χ0n) is 10.8. The third kappa shape index (κ3) is 3.51. The summed E-state index contributed by atoms with van der Waals surface area (Å²) >= 11 is 0. The standard InChI is InChI=1S/C12H14N2O5/c1-7(13-8(2)15)10-5-4-9(12(16)19-3)6-11(10)14(17)18/h4-7H,1-3H3,(H,13,15). The molecule has 0 heterocycles. The maximum atomic E-state index is 11.3. The molecule has 7 heteroatoms. The van der Waals surface area contributed by atoms with Crippen LogP contribution in [0, 0.1) is 10.1 Å². The number of nitro benzene ring substituents is 1. The van der Waals surface area contributed by atoms with E-state index in [0.29, 0.717) is 5.56 Å². The van der Waals surface area contributed by atoms with E-state index in [9.17, 15) is 19.7 Å². The lowest BCUT2D eigenvalue weighted by atomic mass is 10.0. The number of hydrogen-bond acceptors (Lipinski definition) is 5. The smallest absolute Gasteiger partial charge is 0.338 e. The average molecular weight is 266 g/mol. The molecule has 0 aliphatic carbocycles. The maximum absolute atomic E-state index is 11.3. The maximum Gasteiger partial charge on any atom is 0.338 e. The van der Waals surface area contributed by atoms with E-state index in [-0.39, 0.29) is 17.2 Å². The second-order valence-corrected chi connectivity index (χ2v) is 3.94. The van der Waals surface area contributed by atoms with Crippen molar-refractivity contribution in [1.82, 2.24) is 5.32 Å². The molecule has 1 aromatic rings. The van der Waals surface area contributed by atoms with E-state index in [0.717, 1.165) is 6.07 Å². The summed E-state index contributed by atoms with van der Waals surface area (Å²) in [6, 6.07) is 3.47. The van der Waals surface area contributed by atoms with Crippen molar-refractivity contribution in [2.45, 2.75) is 19.9 Å². The predicted molar refractivity (Wildman–Crippen MR) is 66.7 cm³/mol. The van der Waals surface area contributed by atoms with Gasteiger partial charge in [-0.2, -0.15) is 0 Å². The molecular formula is C12H14N2O5. The number of carbonyl (C=O) groups excluding carboxylic acids is 2. The Balaban J connectivity index is 3.22.